The van der Waals surface area contributed by atoms with Gasteiger partial charge in [-0.05, 0) is 50.6 Å². The van der Waals surface area contributed by atoms with Gasteiger partial charge in [-0.25, -0.2) is 4.99 Å². The average molecular weight is 352 g/mol. The van der Waals surface area contributed by atoms with Crippen LogP contribution in [0.2, 0.25) is 0 Å². The third kappa shape index (κ3) is 3.49. The van der Waals surface area contributed by atoms with Crippen molar-refractivity contribution in [3.05, 3.63) is 52.8 Å². The van der Waals surface area contributed by atoms with Crippen molar-refractivity contribution in [1.82, 2.24) is 10.2 Å². The molecule has 3 heterocycles. The first-order valence-electron chi connectivity index (χ1n) is 9.17. The SMILES string of the molecule is CC(C)=N/C(=C1\CC=C(c2cc3ccccc3s2)N1)N1CCCCC1. The van der Waals surface area contributed by atoms with Crippen molar-refractivity contribution in [2.45, 2.75) is 39.5 Å². The van der Waals surface area contributed by atoms with E-state index in [1.54, 1.807) is 0 Å². The van der Waals surface area contributed by atoms with Crippen LogP contribution in [-0.2, 0) is 0 Å². The number of nitrogens with zero attached hydrogens (tertiary/aromatic N) is 2. The summed E-state index contributed by atoms with van der Waals surface area (Å²) in [6.45, 7) is 6.41. The molecule has 0 aliphatic carbocycles. The molecular weight excluding hydrogens is 326 g/mol. The van der Waals surface area contributed by atoms with Crippen molar-refractivity contribution in [2.75, 3.05) is 13.1 Å². The summed E-state index contributed by atoms with van der Waals surface area (Å²) >= 11 is 1.85. The van der Waals surface area contributed by atoms with E-state index in [1.807, 2.05) is 11.3 Å². The van der Waals surface area contributed by atoms with Crippen molar-refractivity contribution in [2.24, 2.45) is 4.99 Å². The lowest BCUT2D eigenvalue weighted by molar-refractivity contribution is 0.279. The second kappa shape index (κ2) is 7.04. The molecular formula is C21H25N3S. The Morgan fingerprint density at radius 2 is 1.92 bits per heavy atom. The fourth-order valence-electron chi connectivity index (χ4n) is 3.54. The minimum atomic E-state index is 0.937. The summed E-state index contributed by atoms with van der Waals surface area (Å²) in [6, 6.07) is 10.9. The fourth-order valence-corrected chi connectivity index (χ4v) is 4.60. The Morgan fingerprint density at radius 3 is 2.68 bits per heavy atom. The molecule has 0 amide bonds. The zero-order chi connectivity index (χ0) is 17.2. The number of thiophene rings is 1. The van der Waals surface area contributed by atoms with Gasteiger partial charge in [0.2, 0.25) is 0 Å². The monoisotopic (exact) mass is 351 g/mol. The van der Waals surface area contributed by atoms with Crippen molar-refractivity contribution in [3.63, 3.8) is 0 Å². The van der Waals surface area contributed by atoms with Crippen molar-refractivity contribution < 1.29 is 0 Å². The van der Waals surface area contributed by atoms with Gasteiger partial charge in [0.15, 0.2) is 0 Å². The number of benzene rings is 1. The molecule has 2 aliphatic heterocycles. The molecule has 25 heavy (non-hydrogen) atoms. The number of piperidine rings is 1. The second-order valence-electron chi connectivity index (χ2n) is 7.00. The lowest BCUT2D eigenvalue weighted by Crippen LogP contribution is -2.31. The first-order chi connectivity index (χ1) is 12.2. The smallest absolute Gasteiger partial charge is 0.148 e. The van der Waals surface area contributed by atoms with Crippen molar-refractivity contribution in [3.8, 4) is 0 Å². The summed E-state index contributed by atoms with van der Waals surface area (Å²) in [7, 11) is 0. The summed E-state index contributed by atoms with van der Waals surface area (Å²) in [6.07, 6.45) is 7.13. The zero-order valence-electron chi connectivity index (χ0n) is 15.0. The molecule has 4 heteroatoms. The number of hydrogen-bond acceptors (Lipinski definition) is 4. The number of likely N-dealkylation sites (tertiary alicyclic amines) is 1. The van der Waals surface area contributed by atoms with Crippen LogP contribution in [0.25, 0.3) is 15.8 Å². The van der Waals surface area contributed by atoms with Crippen LogP contribution in [0.15, 0.2) is 52.9 Å². The molecule has 2 aliphatic rings. The van der Waals surface area contributed by atoms with E-state index in [1.165, 1.54) is 45.6 Å². The molecule has 1 fully saturated rings. The Kier molecular flexibility index (Phi) is 4.62. The predicted octanol–water partition coefficient (Wildman–Crippen LogP) is 5.37. The summed E-state index contributed by atoms with van der Waals surface area (Å²) in [5.74, 6) is 1.15. The number of fused-ring (bicyclic) bond motifs is 1. The Balaban J connectivity index is 1.62. The number of rotatable bonds is 3. The molecule has 0 unspecified atom stereocenters. The van der Waals surface area contributed by atoms with Gasteiger partial charge in [-0.2, -0.15) is 0 Å². The van der Waals surface area contributed by atoms with Gasteiger partial charge in [0, 0.05) is 29.9 Å². The minimum Gasteiger partial charge on any atom is -0.355 e. The van der Waals surface area contributed by atoms with Crippen LogP contribution in [0.1, 0.15) is 44.4 Å². The fraction of sp³-hybridized carbons (Fsp3) is 0.381. The molecule has 0 atom stereocenters. The first-order valence-corrected chi connectivity index (χ1v) is 9.98. The van der Waals surface area contributed by atoms with Gasteiger partial charge in [0.25, 0.3) is 0 Å². The quantitative estimate of drug-likeness (QED) is 0.753. The van der Waals surface area contributed by atoms with Gasteiger partial charge in [-0.15, -0.1) is 11.3 Å². The molecule has 0 saturated carbocycles. The van der Waals surface area contributed by atoms with E-state index in [2.05, 4.69) is 60.5 Å². The lowest BCUT2D eigenvalue weighted by Gasteiger charge is -2.30. The molecule has 0 radical (unpaired) electrons. The topological polar surface area (TPSA) is 27.6 Å². The molecule has 1 aromatic heterocycles. The third-order valence-electron chi connectivity index (χ3n) is 4.74. The molecule has 4 rings (SSSR count). The Labute approximate surface area is 153 Å². The van der Waals surface area contributed by atoms with Crippen molar-refractivity contribution >= 4 is 32.8 Å². The van der Waals surface area contributed by atoms with E-state index in [-0.39, 0.29) is 0 Å². The van der Waals surface area contributed by atoms with Crippen LogP contribution in [0.5, 0.6) is 0 Å². The van der Waals surface area contributed by atoms with E-state index < -0.39 is 0 Å². The second-order valence-corrected chi connectivity index (χ2v) is 8.09. The van der Waals surface area contributed by atoms with Crippen molar-refractivity contribution in [1.29, 1.82) is 0 Å². The molecule has 1 saturated heterocycles. The highest BCUT2D eigenvalue weighted by Crippen LogP contribution is 2.34. The van der Waals surface area contributed by atoms with Crippen LogP contribution in [-0.4, -0.2) is 23.7 Å². The molecule has 130 valence electrons. The largest absolute Gasteiger partial charge is 0.355 e. The van der Waals surface area contributed by atoms with Crippen LogP contribution < -0.4 is 5.32 Å². The van der Waals surface area contributed by atoms with Gasteiger partial charge in [-0.3, -0.25) is 0 Å². The molecule has 1 N–H and O–H groups in total. The van der Waals surface area contributed by atoms with Crippen LogP contribution in [0, 0.1) is 0 Å². The summed E-state index contributed by atoms with van der Waals surface area (Å²) in [5, 5.41) is 4.99. The summed E-state index contributed by atoms with van der Waals surface area (Å²) in [4.78, 5) is 8.65. The Hall–Kier alpha value is -2.07. The molecule has 1 aromatic carbocycles. The Morgan fingerprint density at radius 1 is 1.12 bits per heavy atom. The Bertz CT molecular complexity index is 829. The zero-order valence-corrected chi connectivity index (χ0v) is 15.8. The number of nitrogens with one attached hydrogen (secondary N) is 1. The normalized spacial score (nSPS) is 19.6. The molecule has 2 aromatic rings. The summed E-state index contributed by atoms with van der Waals surface area (Å²) < 4.78 is 1.34. The van der Waals surface area contributed by atoms with E-state index >= 15 is 0 Å². The van der Waals surface area contributed by atoms with Gasteiger partial charge in [0.1, 0.15) is 5.82 Å². The van der Waals surface area contributed by atoms with E-state index in [4.69, 9.17) is 4.99 Å². The maximum Gasteiger partial charge on any atom is 0.148 e. The van der Waals surface area contributed by atoms with Crippen LogP contribution >= 0.6 is 11.3 Å². The molecule has 0 bridgehead atoms. The first kappa shape index (κ1) is 16.4. The molecule has 3 nitrogen and oxygen atoms in total. The van der Waals surface area contributed by atoms with E-state index in [9.17, 15) is 0 Å². The highest BCUT2D eigenvalue weighted by atomic mass is 32.1. The lowest BCUT2D eigenvalue weighted by atomic mass is 10.1. The summed E-state index contributed by atoms with van der Waals surface area (Å²) in [5.41, 5.74) is 3.59. The maximum absolute atomic E-state index is 4.88. The predicted molar refractivity (Wildman–Crippen MR) is 109 cm³/mol. The average Bonchev–Trinajstić information content (AvgIpc) is 3.27. The number of hydrogen-bond donors (Lipinski definition) is 1. The van der Waals surface area contributed by atoms with Gasteiger partial charge in [-0.1, -0.05) is 24.3 Å². The maximum atomic E-state index is 4.88. The van der Waals surface area contributed by atoms with E-state index in [0.29, 0.717) is 0 Å². The third-order valence-corrected chi connectivity index (χ3v) is 5.89. The van der Waals surface area contributed by atoms with Crippen LogP contribution in [0.4, 0.5) is 0 Å². The van der Waals surface area contributed by atoms with Gasteiger partial charge >= 0.3 is 0 Å². The standard InChI is InChI=1S/C21H25N3S/c1-15(2)22-21(24-12-6-3-7-13-24)18-11-10-17(23-18)20-14-16-8-4-5-9-19(16)25-20/h4-5,8-10,14,23H,3,6-7,11-13H2,1-2H3/b21-18-. The van der Waals surface area contributed by atoms with Gasteiger partial charge < -0.3 is 10.2 Å². The highest BCUT2D eigenvalue weighted by molar-refractivity contribution is 7.20. The van der Waals surface area contributed by atoms with Gasteiger partial charge in [0.05, 0.1) is 16.3 Å². The van der Waals surface area contributed by atoms with Crippen LogP contribution in [0.3, 0.4) is 0 Å². The molecule has 0 spiro atoms. The van der Waals surface area contributed by atoms with E-state index in [0.717, 1.165) is 31.0 Å². The minimum absolute atomic E-state index is 0.937. The highest BCUT2D eigenvalue weighted by Gasteiger charge is 2.21. The number of allylic oxidation sites excluding steroid dienone is 1. The number of aliphatic imine (C=N–C) groups is 1.